The Balaban J connectivity index is 1.18. The summed E-state index contributed by atoms with van der Waals surface area (Å²) in [5, 5.41) is 6.05. The van der Waals surface area contributed by atoms with E-state index in [-0.39, 0.29) is 11.6 Å². The summed E-state index contributed by atoms with van der Waals surface area (Å²) in [7, 11) is 0. The maximum atomic E-state index is 14.4. The summed E-state index contributed by atoms with van der Waals surface area (Å²) in [6.07, 6.45) is 2.01. The van der Waals surface area contributed by atoms with E-state index in [1.54, 1.807) is 38.1 Å². The van der Waals surface area contributed by atoms with Crippen molar-refractivity contribution in [3.63, 3.8) is 0 Å². The van der Waals surface area contributed by atoms with Crippen molar-refractivity contribution in [2.24, 2.45) is 0 Å². The molecule has 56 heavy (non-hydrogen) atoms. The van der Waals surface area contributed by atoms with Gasteiger partial charge in [-0.15, -0.1) is 0 Å². The lowest BCUT2D eigenvalue weighted by Crippen LogP contribution is -2.41. The molecule has 2 heterocycles. The van der Waals surface area contributed by atoms with E-state index in [1.807, 2.05) is 76.2 Å². The van der Waals surface area contributed by atoms with E-state index in [2.05, 4.69) is 0 Å². The van der Waals surface area contributed by atoms with Crippen LogP contribution in [0.1, 0.15) is 102 Å². The van der Waals surface area contributed by atoms with Gasteiger partial charge in [0.2, 0.25) is 0 Å². The number of benzene rings is 7. The summed E-state index contributed by atoms with van der Waals surface area (Å²) in [5.74, 6) is -1.41. The highest BCUT2D eigenvalue weighted by atomic mass is 16.2. The zero-order valence-corrected chi connectivity index (χ0v) is 32.1. The van der Waals surface area contributed by atoms with Gasteiger partial charge in [-0.3, -0.25) is 19.2 Å². The number of hydrogen-bond donors (Lipinski definition) is 0. The Morgan fingerprint density at radius 3 is 0.946 bits per heavy atom. The SMILES string of the molecule is CC(=O)CCc1cc(C)c(N2C(=O)c3ccc4c5ccc6c7c(ccc(c8ccc(c3c48)C2=O)c75)C(=O)N(c2c(C)cc(CCC(C)=O)cc2C)C6=O)c(C)c1. The molecular weight excluding hydrogens is 701 g/mol. The van der Waals surface area contributed by atoms with Gasteiger partial charge in [-0.2, -0.15) is 0 Å². The van der Waals surface area contributed by atoms with Crippen molar-refractivity contribution in [2.45, 2.75) is 67.2 Å². The molecule has 0 unspecified atom stereocenters. The first kappa shape index (κ1) is 35.2. The first-order valence-electron chi connectivity index (χ1n) is 18.9. The fourth-order valence-electron chi connectivity index (χ4n) is 9.40. The molecule has 8 heteroatoms. The summed E-state index contributed by atoms with van der Waals surface area (Å²) in [6.45, 7) is 10.7. The van der Waals surface area contributed by atoms with Crippen molar-refractivity contribution in [1.29, 1.82) is 0 Å². The Labute approximate surface area is 323 Å². The second-order valence-electron chi connectivity index (χ2n) is 15.6. The summed E-state index contributed by atoms with van der Waals surface area (Å²) >= 11 is 0. The summed E-state index contributed by atoms with van der Waals surface area (Å²) in [4.78, 5) is 83.6. The van der Waals surface area contributed by atoms with Crippen LogP contribution in [0.25, 0.3) is 43.1 Å². The van der Waals surface area contributed by atoms with Crippen LogP contribution in [0.3, 0.4) is 0 Å². The molecule has 0 fully saturated rings. The van der Waals surface area contributed by atoms with Crippen LogP contribution in [0.15, 0.2) is 72.8 Å². The Bertz CT molecular complexity index is 2640. The molecule has 2 aliphatic rings. The van der Waals surface area contributed by atoms with Gasteiger partial charge in [-0.1, -0.05) is 48.5 Å². The lowest BCUT2D eigenvalue weighted by atomic mass is 9.82. The minimum absolute atomic E-state index is 0.102. The first-order valence-corrected chi connectivity index (χ1v) is 18.9. The van der Waals surface area contributed by atoms with Crippen molar-refractivity contribution in [2.75, 3.05) is 9.80 Å². The Kier molecular flexibility index (Phi) is 7.85. The van der Waals surface area contributed by atoms with Crippen LogP contribution in [0, 0.1) is 27.7 Å². The molecule has 0 saturated carbocycles. The molecule has 0 spiro atoms. The van der Waals surface area contributed by atoms with E-state index in [1.165, 1.54) is 9.80 Å². The highest BCUT2D eigenvalue weighted by Gasteiger charge is 2.39. The van der Waals surface area contributed by atoms with Gasteiger partial charge in [0.15, 0.2) is 0 Å². The fraction of sp³-hybridized carbons (Fsp3) is 0.208. The molecule has 0 radical (unpaired) electrons. The lowest BCUT2D eigenvalue weighted by molar-refractivity contribution is -0.117. The number of aryl methyl sites for hydroxylation is 6. The van der Waals surface area contributed by atoms with Crippen LogP contribution >= 0.6 is 0 Å². The van der Waals surface area contributed by atoms with Crippen LogP contribution in [0.4, 0.5) is 11.4 Å². The van der Waals surface area contributed by atoms with Crippen LogP contribution in [0.5, 0.6) is 0 Å². The molecule has 8 nitrogen and oxygen atoms in total. The zero-order valence-electron chi connectivity index (χ0n) is 32.1. The van der Waals surface area contributed by atoms with Crippen LogP contribution < -0.4 is 9.80 Å². The number of rotatable bonds is 8. The van der Waals surface area contributed by atoms with Gasteiger partial charge in [0, 0.05) is 45.9 Å². The van der Waals surface area contributed by atoms with Gasteiger partial charge in [-0.05, 0) is 144 Å². The third kappa shape index (κ3) is 4.98. The van der Waals surface area contributed by atoms with Crippen LogP contribution in [-0.2, 0) is 22.4 Å². The number of imide groups is 2. The third-order valence-electron chi connectivity index (χ3n) is 11.7. The standard InChI is InChI=1S/C48H38N2O6/c1-23-19-29(9-7-27(5)51)20-24(2)43(23)49-45(53)35-15-11-31-33-13-17-37-42-38(18-14-34(40(33)42)32-12-16-36(46(49)54)41(35)39(31)32)48(56)50(47(37)55)44-25(3)21-30(22-26(44)4)10-8-28(6)52/h11-22H,7-10H2,1-6H3. The van der Waals surface area contributed by atoms with Gasteiger partial charge >= 0.3 is 0 Å². The molecule has 2 aliphatic heterocycles. The molecule has 0 aromatic heterocycles. The van der Waals surface area contributed by atoms with E-state index in [0.717, 1.165) is 65.7 Å². The van der Waals surface area contributed by atoms with E-state index in [9.17, 15) is 28.8 Å². The van der Waals surface area contributed by atoms with Crippen molar-refractivity contribution < 1.29 is 28.8 Å². The van der Waals surface area contributed by atoms with E-state index >= 15 is 0 Å². The van der Waals surface area contributed by atoms with Crippen molar-refractivity contribution >= 4 is 89.7 Å². The normalized spacial score (nSPS) is 14.0. The number of nitrogens with zero attached hydrogens (tertiary/aromatic N) is 2. The first-order chi connectivity index (χ1) is 26.8. The lowest BCUT2D eigenvalue weighted by Gasteiger charge is -2.32. The predicted molar refractivity (Wildman–Crippen MR) is 220 cm³/mol. The smallest absolute Gasteiger partial charge is 0.266 e. The molecule has 0 aliphatic carbocycles. The van der Waals surface area contributed by atoms with Gasteiger partial charge in [-0.25, -0.2) is 9.80 Å². The minimum atomic E-state index is -0.404. The highest BCUT2D eigenvalue weighted by Crippen LogP contribution is 2.47. The molecule has 7 aromatic rings. The van der Waals surface area contributed by atoms with Gasteiger partial charge in [0.05, 0.1) is 11.4 Å². The number of ketones is 2. The number of carbonyl (C=O) groups excluding carboxylic acids is 6. The van der Waals surface area contributed by atoms with E-state index in [0.29, 0.717) is 70.1 Å². The van der Waals surface area contributed by atoms with Crippen molar-refractivity contribution in [3.05, 3.63) is 128 Å². The third-order valence-corrected chi connectivity index (χ3v) is 11.7. The average Bonchev–Trinajstić information content (AvgIpc) is 3.15. The zero-order chi connectivity index (χ0) is 39.5. The Morgan fingerprint density at radius 1 is 0.429 bits per heavy atom. The van der Waals surface area contributed by atoms with Gasteiger partial charge in [0.1, 0.15) is 11.6 Å². The summed E-state index contributed by atoms with van der Waals surface area (Å²) in [5.41, 5.74) is 7.87. The van der Waals surface area contributed by atoms with Crippen LogP contribution in [0.2, 0.25) is 0 Å². The number of hydrogen-bond acceptors (Lipinski definition) is 6. The monoisotopic (exact) mass is 738 g/mol. The molecule has 0 bridgehead atoms. The van der Waals surface area contributed by atoms with Gasteiger partial charge in [0.25, 0.3) is 23.6 Å². The number of Topliss-reactive ketones (excluding diaryl/α,β-unsaturated/α-hetero) is 2. The number of amides is 4. The fourth-order valence-corrected chi connectivity index (χ4v) is 9.40. The average molecular weight is 739 g/mol. The highest BCUT2D eigenvalue weighted by molar-refractivity contribution is 6.45. The van der Waals surface area contributed by atoms with Gasteiger partial charge < -0.3 is 9.59 Å². The molecule has 7 aromatic carbocycles. The predicted octanol–water partition coefficient (Wildman–Crippen LogP) is 9.62. The molecule has 0 N–H and O–H groups in total. The summed E-state index contributed by atoms with van der Waals surface area (Å²) in [6, 6.07) is 22.5. The Morgan fingerprint density at radius 2 is 0.696 bits per heavy atom. The molecule has 276 valence electrons. The number of anilines is 2. The quantitative estimate of drug-likeness (QED) is 0.0873. The molecule has 0 saturated heterocycles. The maximum absolute atomic E-state index is 14.4. The van der Waals surface area contributed by atoms with E-state index in [4.69, 9.17) is 0 Å². The molecule has 4 amide bonds. The molecule has 0 atom stereocenters. The second-order valence-corrected chi connectivity index (χ2v) is 15.6. The Hall–Kier alpha value is -6.54. The number of carbonyl (C=O) groups is 6. The molecule has 9 rings (SSSR count). The van der Waals surface area contributed by atoms with Crippen molar-refractivity contribution in [1.82, 2.24) is 0 Å². The van der Waals surface area contributed by atoms with Crippen molar-refractivity contribution in [3.8, 4) is 0 Å². The topological polar surface area (TPSA) is 109 Å². The van der Waals surface area contributed by atoms with E-state index < -0.39 is 23.6 Å². The minimum Gasteiger partial charge on any atom is -0.300 e. The number of fused-ring (bicyclic) bond motifs is 2. The summed E-state index contributed by atoms with van der Waals surface area (Å²) < 4.78 is 0. The largest absolute Gasteiger partial charge is 0.300 e. The molecular formula is C48H38N2O6. The van der Waals surface area contributed by atoms with Crippen LogP contribution in [-0.4, -0.2) is 35.2 Å². The maximum Gasteiger partial charge on any atom is 0.266 e. The second kappa shape index (κ2) is 12.5.